The molecule has 0 aromatic heterocycles. The summed E-state index contributed by atoms with van der Waals surface area (Å²) in [7, 11) is 0. The number of carbonyl (C=O) groups is 3. The molecular weight excluding hydrogens is 192 g/mol. The zero-order valence-electron chi connectivity index (χ0n) is 7.89. The van der Waals surface area contributed by atoms with Gasteiger partial charge < -0.3 is 14.9 Å². The third-order valence-electron chi connectivity index (χ3n) is 1.70. The molecule has 0 spiro atoms. The lowest BCUT2D eigenvalue weighted by Crippen LogP contribution is -2.35. The molecule has 6 nitrogen and oxygen atoms in total. The molecule has 2 N–H and O–H groups in total. The highest BCUT2D eigenvalue weighted by atomic mass is 16.5. The highest BCUT2D eigenvalue weighted by Gasteiger charge is 2.37. The van der Waals surface area contributed by atoms with Crippen molar-refractivity contribution >= 4 is 17.9 Å². The van der Waals surface area contributed by atoms with Crippen LogP contribution in [0.3, 0.4) is 0 Å². The minimum Gasteiger partial charge on any atom is -0.481 e. The zero-order chi connectivity index (χ0) is 11.3. The molecular formula is C8H12O6. The lowest BCUT2D eigenvalue weighted by molar-refractivity contribution is -0.166. The fraction of sp³-hybridized carbons (Fsp3) is 0.625. The number of ether oxygens (including phenoxy) is 1. The van der Waals surface area contributed by atoms with Gasteiger partial charge in [-0.05, 0) is 6.92 Å². The molecule has 2 atom stereocenters. The van der Waals surface area contributed by atoms with Crippen molar-refractivity contribution < 1.29 is 29.3 Å². The van der Waals surface area contributed by atoms with E-state index in [2.05, 4.69) is 4.74 Å². The number of hydrogen-bond acceptors (Lipinski definition) is 4. The van der Waals surface area contributed by atoms with Crippen LogP contribution < -0.4 is 0 Å². The highest BCUT2D eigenvalue weighted by Crippen LogP contribution is 2.14. The van der Waals surface area contributed by atoms with E-state index in [-0.39, 0.29) is 6.61 Å². The van der Waals surface area contributed by atoms with Crippen molar-refractivity contribution in [2.24, 2.45) is 11.8 Å². The number of aliphatic carboxylic acids is 2. The van der Waals surface area contributed by atoms with E-state index < -0.39 is 29.7 Å². The highest BCUT2D eigenvalue weighted by molar-refractivity contribution is 5.97. The van der Waals surface area contributed by atoms with Crippen molar-refractivity contribution in [3.8, 4) is 0 Å². The smallest absolute Gasteiger partial charge is 0.321 e. The Balaban J connectivity index is 4.68. The first-order chi connectivity index (χ1) is 6.41. The number of rotatable bonds is 5. The van der Waals surface area contributed by atoms with Crippen LogP contribution in [0.25, 0.3) is 0 Å². The van der Waals surface area contributed by atoms with E-state index in [0.29, 0.717) is 0 Å². The first-order valence-electron chi connectivity index (χ1n) is 4.04. The molecule has 0 aliphatic heterocycles. The molecule has 0 heterocycles. The van der Waals surface area contributed by atoms with E-state index in [1.54, 1.807) is 0 Å². The summed E-state index contributed by atoms with van der Waals surface area (Å²) in [5.41, 5.74) is 0. The van der Waals surface area contributed by atoms with Gasteiger partial charge in [0, 0.05) is 0 Å². The quantitative estimate of drug-likeness (QED) is 0.481. The van der Waals surface area contributed by atoms with Crippen LogP contribution in [0, 0.1) is 11.8 Å². The number of carboxylic acids is 2. The fourth-order valence-corrected chi connectivity index (χ4v) is 0.893. The van der Waals surface area contributed by atoms with Gasteiger partial charge in [0.05, 0.1) is 12.5 Å². The molecule has 0 aliphatic rings. The van der Waals surface area contributed by atoms with E-state index in [9.17, 15) is 14.4 Å². The Morgan fingerprint density at radius 3 is 2.00 bits per heavy atom. The topological polar surface area (TPSA) is 101 Å². The average Bonchev–Trinajstić information content (AvgIpc) is 2.03. The molecule has 2 unspecified atom stereocenters. The Morgan fingerprint density at radius 2 is 1.71 bits per heavy atom. The maximum absolute atomic E-state index is 11.1. The van der Waals surface area contributed by atoms with Crippen LogP contribution in [0.15, 0.2) is 0 Å². The first-order valence-corrected chi connectivity index (χ1v) is 4.04. The van der Waals surface area contributed by atoms with Crippen LogP contribution >= 0.6 is 0 Å². The summed E-state index contributed by atoms with van der Waals surface area (Å²) in [5, 5.41) is 17.2. The Morgan fingerprint density at radius 1 is 1.21 bits per heavy atom. The summed E-state index contributed by atoms with van der Waals surface area (Å²) < 4.78 is 4.45. The number of esters is 1. The Hall–Kier alpha value is -1.59. The zero-order valence-corrected chi connectivity index (χ0v) is 7.89. The third-order valence-corrected chi connectivity index (χ3v) is 1.70. The van der Waals surface area contributed by atoms with Gasteiger partial charge in [-0.25, -0.2) is 0 Å². The van der Waals surface area contributed by atoms with Crippen LogP contribution in [-0.2, 0) is 19.1 Å². The maximum Gasteiger partial charge on any atom is 0.321 e. The van der Waals surface area contributed by atoms with Gasteiger partial charge in [-0.3, -0.25) is 14.4 Å². The maximum atomic E-state index is 11.1. The van der Waals surface area contributed by atoms with E-state index in [4.69, 9.17) is 10.2 Å². The van der Waals surface area contributed by atoms with Crippen molar-refractivity contribution in [3.63, 3.8) is 0 Å². The second-order valence-corrected chi connectivity index (χ2v) is 2.69. The Kier molecular flexibility index (Phi) is 4.62. The number of hydrogen-bond donors (Lipinski definition) is 2. The summed E-state index contributed by atoms with van der Waals surface area (Å²) in [6.07, 6.45) is 0. The van der Waals surface area contributed by atoms with Crippen LogP contribution in [0.4, 0.5) is 0 Å². The Bertz CT molecular complexity index is 246. The first kappa shape index (κ1) is 12.4. The van der Waals surface area contributed by atoms with Crippen molar-refractivity contribution in [3.05, 3.63) is 0 Å². The predicted octanol–water partition coefficient (Wildman–Crippen LogP) is -0.0290. The lowest BCUT2D eigenvalue weighted by Gasteiger charge is -2.14. The molecule has 0 bridgehead atoms. The van der Waals surface area contributed by atoms with E-state index in [1.165, 1.54) is 6.92 Å². The van der Waals surface area contributed by atoms with Crippen LogP contribution in [0.1, 0.15) is 13.8 Å². The average molecular weight is 204 g/mol. The molecule has 0 aromatic rings. The van der Waals surface area contributed by atoms with Crippen molar-refractivity contribution in [1.82, 2.24) is 0 Å². The van der Waals surface area contributed by atoms with Crippen LogP contribution in [-0.4, -0.2) is 34.7 Å². The monoisotopic (exact) mass is 204 g/mol. The molecule has 0 fully saturated rings. The summed E-state index contributed by atoms with van der Waals surface area (Å²) in [5.74, 6) is -6.79. The molecule has 0 radical (unpaired) electrons. The largest absolute Gasteiger partial charge is 0.481 e. The number of carboxylic acid groups (broad SMARTS) is 2. The minimum atomic E-state index is -1.65. The molecule has 80 valence electrons. The normalized spacial score (nSPS) is 14.1. The summed E-state index contributed by atoms with van der Waals surface area (Å²) in [6.45, 7) is 2.69. The minimum absolute atomic E-state index is 0.0228. The molecule has 0 amide bonds. The van der Waals surface area contributed by atoms with Gasteiger partial charge in [0.15, 0.2) is 5.92 Å². The predicted molar refractivity (Wildman–Crippen MR) is 44.6 cm³/mol. The van der Waals surface area contributed by atoms with Gasteiger partial charge in [-0.2, -0.15) is 0 Å². The Labute approximate surface area is 80.5 Å². The SMILES string of the molecule is CCOC(=O)C(C(=O)O)C(C)C(=O)O. The second-order valence-electron chi connectivity index (χ2n) is 2.69. The fourth-order valence-electron chi connectivity index (χ4n) is 0.893. The van der Waals surface area contributed by atoms with Crippen molar-refractivity contribution in [2.75, 3.05) is 6.61 Å². The summed E-state index contributed by atoms with van der Waals surface area (Å²) in [4.78, 5) is 32.1. The standard InChI is InChI=1S/C8H12O6/c1-3-14-8(13)5(7(11)12)4(2)6(9)10/h4-5H,3H2,1-2H3,(H,9,10)(H,11,12). The molecule has 0 aliphatic carbocycles. The summed E-state index contributed by atoms with van der Waals surface area (Å²) in [6, 6.07) is 0. The van der Waals surface area contributed by atoms with Gasteiger partial charge in [0.25, 0.3) is 0 Å². The lowest BCUT2D eigenvalue weighted by atomic mass is 9.94. The van der Waals surface area contributed by atoms with Gasteiger partial charge >= 0.3 is 17.9 Å². The third kappa shape index (κ3) is 3.04. The molecule has 6 heteroatoms. The van der Waals surface area contributed by atoms with E-state index in [0.717, 1.165) is 6.92 Å². The van der Waals surface area contributed by atoms with Crippen LogP contribution in [0.2, 0.25) is 0 Å². The van der Waals surface area contributed by atoms with E-state index >= 15 is 0 Å². The molecule has 14 heavy (non-hydrogen) atoms. The summed E-state index contributed by atoms with van der Waals surface area (Å²) >= 11 is 0. The van der Waals surface area contributed by atoms with Crippen molar-refractivity contribution in [2.45, 2.75) is 13.8 Å². The van der Waals surface area contributed by atoms with Gasteiger partial charge in [0.2, 0.25) is 0 Å². The van der Waals surface area contributed by atoms with Crippen LogP contribution in [0.5, 0.6) is 0 Å². The molecule has 0 rings (SSSR count). The van der Waals surface area contributed by atoms with Gasteiger partial charge in [-0.1, -0.05) is 6.92 Å². The second kappa shape index (κ2) is 5.21. The number of carbonyl (C=O) groups excluding carboxylic acids is 1. The molecule has 0 aromatic carbocycles. The van der Waals surface area contributed by atoms with Gasteiger partial charge in [-0.15, -0.1) is 0 Å². The van der Waals surface area contributed by atoms with E-state index in [1.807, 2.05) is 0 Å². The van der Waals surface area contributed by atoms with Gasteiger partial charge in [0.1, 0.15) is 0 Å². The molecule has 0 saturated heterocycles. The van der Waals surface area contributed by atoms with Crippen molar-refractivity contribution in [1.29, 1.82) is 0 Å². The molecule has 0 saturated carbocycles.